The van der Waals surface area contributed by atoms with Crippen molar-refractivity contribution in [1.29, 1.82) is 0 Å². The van der Waals surface area contributed by atoms with E-state index in [2.05, 4.69) is 0 Å². The molecule has 7 heteroatoms. The Morgan fingerprint density at radius 3 is 2.12 bits per heavy atom. The number of nitrogens with one attached hydrogen (secondary N) is 1. The molecule has 0 bridgehead atoms. The first-order chi connectivity index (χ1) is 7.75. The molecule has 0 aliphatic heterocycles. The molecule has 2 rings (SSSR count). The van der Waals surface area contributed by atoms with Crippen LogP contribution in [0.25, 0.3) is 10.9 Å². The molecule has 1 heterocycles. The number of hydrogen-bond donors (Lipinski definition) is 2. The molecule has 92 valence electrons. The summed E-state index contributed by atoms with van der Waals surface area (Å²) in [4.78, 5) is 2.02. The fourth-order valence-corrected chi connectivity index (χ4v) is 1.55. The van der Waals surface area contributed by atoms with Gasteiger partial charge in [0.15, 0.2) is 0 Å². The average molecular weight is 250 g/mol. The molecule has 0 aliphatic rings. The van der Waals surface area contributed by atoms with Crippen LogP contribution in [0.2, 0.25) is 0 Å². The number of hydrogen-bond acceptors (Lipinski definition) is 1. The van der Waals surface area contributed by atoms with E-state index in [1.165, 1.54) is 24.3 Å². The van der Waals surface area contributed by atoms with Crippen LogP contribution < -0.4 is 5.73 Å². The zero-order chi connectivity index (χ0) is 12.8. The van der Waals surface area contributed by atoms with Gasteiger partial charge in [0, 0.05) is 10.9 Å². The number of halogens is 5. The smallest absolute Gasteiger partial charge is 0.397 e. The highest BCUT2D eigenvalue weighted by Gasteiger charge is 2.60. The third-order valence-corrected chi connectivity index (χ3v) is 2.42. The maximum atomic E-state index is 13.1. The van der Waals surface area contributed by atoms with Crippen molar-refractivity contribution in [2.24, 2.45) is 0 Å². The molecular weight excluding hydrogens is 243 g/mol. The third kappa shape index (κ3) is 1.62. The van der Waals surface area contributed by atoms with Gasteiger partial charge in [0.25, 0.3) is 0 Å². The Kier molecular flexibility index (Phi) is 2.30. The van der Waals surface area contributed by atoms with E-state index in [4.69, 9.17) is 5.73 Å². The first-order valence-corrected chi connectivity index (χ1v) is 4.56. The van der Waals surface area contributed by atoms with Crippen LogP contribution in [0.5, 0.6) is 0 Å². The van der Waals surface area contributed by atoms with E-state index >= 15 is 0 Å². The topological polar surface area (TPSA) is 41.8 Å². The van der Waals surface area contributed by atoms with Crippen molar-refractivity contribution in [3.63, 3.8) is 0 Å². The van der Waals surface area contributed by atoms with Gasteiger partial charge in [-0.25, -0.2) is 0 Å². The predicted octanol–water partition coefficient (Wildman–Crippen LogP) is 3.40. The van der Waals surface area contributed by atoms with Crippen molar-refractivity contribution < 1.29 is 22.0 Å². The summed E-state index contributed by atoms with van der Waals surface area (Å²) in [5.41, 5.74) is 3.56. The number of nitrogen functional groups attached to an aromatic ring is 1. The van der Waals surface area contributed by atoms with Crippen molar-refractivity contribution in [1.82, 2.24) is 4.98 Å². The lowest BCUT2D eigenvalue weighted by Crippen LogP contribution is -2.34. The second-order valence-corrected chi connectivity index (χ2v) is 3.53. The Balaban J connectivity index is 2.68. The summed E-state index contributed by atoms with van der Waals surface area (Å²) >= 11 is 0. The Hall–Kier alpha value is -1.79. The molecule has 0 fully saturated rings. The van der Waals surface area contributed by atoms with Crippen molar-refractivity contribution in [2.75, 3.05) is 5.73 Å². The number of nitrogens with two attached hydrogens (primary N) is 1. The molecule has 0 unspecified atom stereocenters. The van der Waals surface area contributed by atoms with Gasteiger partial charge in [-0.15, -0.1) is 0 Å². The van der Waals surface area contributed by atoms with E-state index in [1.54, 1.807) is 0 Å². The molecule has 0 amide bonds. The minimum absolute atomic E-state index is 0.143. The predicted molar refractivity (Wildman–Crippen MR) is 52.7 cm³/mol. The van der Waals surface area contributed by atoms with Crippen LogP contribution in [0.1, 0.15) is 5.69 Å². The number of anilines is 1. The largest absolute Gasteiger partial charge is 0.459 e. The number of benzene rings is 1. The molecule has 0 atom stereocenters. The maximum Gasteiger partial charge on any atom is 0.459 e. The van der Waals surface area contributed by atoms with Gasteiger partial charge in [-0.2, -0.15) is 22.0 Å². The number of alkyl halides is 5. The van der Waals surface area contributed by atoms with Gasteiger partial charge >= 0.3 is 12.1 Å². The van der Waals surface area contributed by atoms with E-state index in [9.17, 15) is 22.0 Å². The summed E-state index contributed by atoms with van der Waals surface area (Å²) < 4.78 is 62.9. The van der Waals surface area contributed by atoms with Crippen molar-refractivity contribution in [2.45, 2.75) is 12.1 Å². The van der Waals surface area contributed by atoms with E-state index < -0.39 is 23.5 Å². The Labute approximate surface area is 92.2 Å². The second-order valence-electron chi connectivity index (χ2n) is 3.53. The van der Waals surface area contributed by atoms with Crippen LogP contribution in [0, 0.1) is 0 Å². The van der Waals surface area contributed by atoms with Crippen LogP contribution in [-0.2, 0) is 5.92 Å². The molecule has 0 aliphatic carbocycles. The van der Waals surface area contributed by atoms with Gasteiger partial charge < -0.3 is 10.7 Å². The molecule has 1 aromatic carbocycles. The molecule has 0 saturated carbocycles. The standard InChI is InChI=1S/C10H7F5N2/c11-9(12,10(13,14)15)8-7(16)5-3-1-2-4-6(5)17-8/h1-4,17H,16H2. The second kappa shape index (κ2) is 3.35. The fourth-order valence-electron chi connectivity index (χ4n) is 1.55. The molecule has 1 aromatic heterocycles. The molecule has 0 radical (unpaired) electrons. The number of aromatic amines is 1. The number of aromatic nitrogens is 1. The Morgan fingerprint density at radius 1 is 1.00 bits per heavy atom. The summed E-state index contributed by atoms with van der Waals surface area (Å²) in [5.74, 6) is -4.99. The van der Waals surface area contributed by atoms with Gasteiger partial charge in [0.2, 0.25) is 0 Å². The van der Waals surface area contributed by atoms with E-state index in [-0.39, 0.29) is 10.9 Å². The van der Waals surface area contributed by atoms with E-state index in [1.807, 2.05) is 4.98 Å². The molecule has 2 nitrogen and oxygen atoms in total. The Bertz CT molecular complexity index is 555. The SMILES string of the molecule is Nc1c(C(F)(F)C(F)(F)F)[nH]c2ccccc12. The van der Waals surface area contributed by atoms with Crippen LogP contribution in [0.3, 0.4) is 0 Å². The minimum Gasteiger partial charge on any atom is -0.397 e. The van der Waals surface area contributed by atoms with Crippen LogP contribution in [-0.4, -0.2) is 11.2 Å². The van der Waals surface area contributed by atoms with Crippen molar-refractivity contribution >= 4 is 16.6 Å². The summed E-state index contributed by atoms with van der Waals surface area (Å²) in [5, 5.41) is 0.145. The lowest BCUT2D eigenvalue weighted by atomic mass is 10.1. The average Bonchev–Trinajstić information content (AvgIpc) is 2.56. The molecular formula is C10H7F5N2. The highest BCUT2D eigenvalue weighted by atomic mass is 19.4. The van der Waals surface area contributed by atoms with Gasteiger partial charge in [-0.3, -0.25) is 0 Å². The van der Waals surface area contributed by atoms with E-state index in [0.717, 1.165) is 0 Å². The molecule has 0 spiro atoms. The lowest BCUT2D eigenvalue weighted by Gasteiger charge is -2.18. The van der Waals surface area contributed by atoms with Crippen molar-refractivity contribution in [3.05, 3.63) is 30.0 Å². The highest BCUT2D eigenvalue weighted by molar-refractivity contribution is 5.93. The van der Waals surface area contributed by atoms with E-state index in [0.29, 0.717) is 0 Å². The number of H-pyrrole nitrogens is 1. The van der Waals surface area contributed by atoms with Gasteiger partial charge in [-0.05, 0) is 6.07 Å². The number of fused-ring (bicyclic) bond motifs is 1. The summed E-state index contributed by atoms with van der Waals surface area (Å²) in [6.07, 6.45) is -5.68. The molecule has 2 aromatic rings. The van der Waals surface area contributed by atoms with Crippen LogP contribution >= 0.6 is 0 Å². The number of rotatable bonds is 1. The zero-order valence-electron chi connectivity index (χ0n) is 8.28. The van der Waals surface area contributed by atoms with Crippen molar-refractivity contribution in [3.8, 4) is 0 Å². The maximum absolute atomic E-state index is 13.1. The quantitative estimate of drug-likeness (QED) is 0.748. The Morgan fingerprint density at radius 2 is 1.59 bits per heavy atom. The van der Waals surface area contributed by atoms with Gasteiger partial charge in [0.1, 0.15) is 5.69 Å². The first kappa shape index (κ1) is 11.7. The number of para-hydroxylation sites is 1. The zero-order valence-corrected chi connectivity index (χ0v) is 8.28. The van der Waals surface area contributed by atoms with Crippen LogP contribution in [0.15, 0.2) is 24.3 Å². The summed E-state index contributed by atoms with van der Waals surface area (Å²) in [6.45, 7) is 0. The lowest BCUT2D eigenvalue weighted by molar-refractivity contribution is -0.290. The summed E-state index contributed by atoms with van der Waals surface area (Å²) in [7, 11) is 0. The van der Waals surface area contributed by atoms with Gasteiger partial charge in [-0.1, -0.05) is 18.2 Å². The molecule has 3 N–H and O–H groups in total. The first-order valence-electron chi connectivity index (χ1n) is 4.56. The summed E-state index contributed by atoms with van der Waals surface area (Å²) in [6, 6.07) is 5.76. The minimum atomic E-state index is -5.68. The normalized spacial score (nSPS) is 13.2. The fraction of sp³-hybridized carbons (Fsp3) is 0.200. The molecule has 17 heavy (non-hydrogen) atoms. The monoisotopic (exact) mass is 250 g/mol. The van der Waals surface area contributed by atoms with Crippen LogP contribution in [0.4, 0.5) is 27.6 Å². The third-order valence-electron chi connectivity index (χ3n) is 2.42. The van der Waals surface area contributed by atoms with Gasteiger partial charge in [0.05, 0.1) is 5.69 Å². The highest BCUT2D eigenvalue weighted by Crippen LogP contribution is 2.46. The molecule has 0 saturated heterocycles.